The van der Waals surface area contributed by atoms with Gasteiger partial charge in [-0.3, -0.25) is 13.9 Å². The normalized spacial score (nSPS) is 16.8. The lowest BCUT2D eigenvalue weighted by molar-refractivity contribution is 0.0500. The van der Waals surface area contributed by atoms with Crippen molar-refractivity contribution in [3.05, 3.63) is 52.1 Å². The molecule has 3 heterocycles. The summed E-state index contributed by atoms with van der Waals surface area (Å²) in [6.45, 7) is 9.22. The van der Waals surface area contributed by atoms with Crippen molar-refractivity contribution in [3.8, 4) is 0 Å². The van der Waals surface area contributed by atoms with Crippen LogP contribution in [0.15, 0.2) is 35.1 Å². The number of rotatable bonds is 4. The van der Waals surface area contributed by atoms with E-state index in [1.165, 1.54) is 0 Å². The van der Waals surface area contributed by atoms with E-state index in [1.807, 2.05) is 55.7 Å². The van der Waals surface area contributed by atoms with E-state index in [0.717, 1.165) is 24.9 Å². The number of aromatic nitrogens is 4. The lowest BCUT2D eigenvalue weighted by atomic mass is 10.1. The Hall–Kier alpha value is -3.36. The number of alkyl carbamates (subject to hydrolysis) is 1. The first-order valence-electron chi connectivity index (χ1n) is 11.3. The van der Waals surface area contributed by atoms with Crippen LogP contribution in [0.5, 0.6) is 0 Å². The van der Waals surface area contributed by atoms with Gasteiger partial charge in [0.15, 0.2) is 11.2 Å². The third-order valence-corrected chi connectivity index (χ3v) is 5.80. The molecule has 0 radical (unpaired) electrons. The van der Waals surface area contributed by atoms with Crippen molar-refractivity contribution < 1.29 is 9.53 Å². The lowest BCUT2D eigenvalue weighted by Crippen LogP contribution is -2.49. The van der Waals surface area contributed by atoms with Crippen LogP contribution in [0, 0.1) is 6.92 Å². The highest BCUT2D eigenvalue weighted by atomic mass is 16.6. The Morgan fingerprint density at radius 1 is 1.21 bits per heavy atom. The van der Waals surface area contributed by atoms with Gasteiger partial charge in [-0.2, -0.15) is 4.98 Å². The van der Waals surface area contributed by atoms with Crippen molar-refractivity contribution >= 4 is 23.2 Å². The zero-order valence-electron chi connectivity index (χ0n) is 20.0. The summed E-state index contributed by atoms with van der Waals surface area (Å²) in [4.78, 5) is 37.0. The van der Waals surface area contributed by atoms with Crippen molar-refractivity contribution in [2.45, 2.75) is 58.7 Å². The minimum atomic E-state index is -0.550. The molecule has 1 unspecified atom stereocenters. The standard InChI is InChI=1S/C24H32N6O3/c1-16-25-20-19(21(31)28(16)5)30(14-17-10-7-6-8-11-17)22(27-20)29-13-9-12-18(15-29)26-23(32)33-24(2,3)4/h6-8,10-11,18H,9,12-15H2,1-5H3,(H,26,32). The van der Waals surface area contributed by atoms with E-state index in [2.05, 4.69) is 15.2 Å². The molecule has 176 valence electrons. The maximum Gasteiger partial charge on any atom is 0.407 e. The number of piperidine rings is 1. The Morgan fingerprint density at radius 3 is 2.64 bits per heavy atom. The molecule has 1 atom stereocenters. The highest BCUT2D eigenvalue weighted by molar-refractivity contribution is 5.74. The number of amides is 1. The molecule has 1 fully saturated rings. The van der Waals surface area contributed by atoms with Crippen LogP contribution in [0.4, 0.5) is 10.7 Å². The maximum absolute atomic E-state index is 13.2. The average molecular weight is 453 g/mol. The molecule has 9 nitrogen and oxygen atoms in total. The molecular weight excluding hydrogens is 420 g/mol. The molecule has 9 heteroatoms. The Balaban J connectivity index is 1.69. The summed E-state index contributed by atoms with van der Waals surface area (Å²) in [7, 11) is 1.73. The summed E-state index contributed by atoms with van der Waals surface area (Å²) in [6.07, 6.45) is 1.33. The minimum absolute atomic E-state index is 0.0730. The second kappa shape index (κ2) is 8.88. The molecule has 0 spiro atoms. The number of carbonyl (C=O) groups excluding carboxylic acids is 1. The highest BCUT2D eigenvalue weighted by Gasteiger charge is 2.28. The monoisotopic (exact) mass is 452 g/mol. The molecule has 1 aliphatic rings. The first-order chi connectivity index (χ1) is 15.6. The topological polar surface area (TPSA) is 94.3 Å². The van der Waals surface area contributed by atoms with E-state index in [9.17, 15) is 9.59 Å². The van der Waals surface area contributed by atoms with Crippen molar-refractivity contribution in [3.63, 3.8) is 0 Å². The van der Waals surface area contributed by atoms with E-state index in [1.54, 1.807) is 18.5 Å². The second-order valence-electron chi connectivity index (χ2n) is 9.61. The van der Waals surface area contributed by atoms with Crippen LogP contribution < -0.4 is 15.8 Å². The van der Waals surface area contributed by atoms with Gasteiger partial charge >= 0.3 is 6.09 Å². The predicted octanol–water partition coefficient (Wildman–Crippen LogP) is 2.98. The quantitative estimate of drug-likeness (QED) is 0.654. The van der Waals surface area contributed by atoms with E-state index >= 15 is 0 Å². The molecule has 33 heavy (non-hydrogen) atoms. The second-order valence-corrected chi connectivity index (χ2v) is 9.61. The molecule has 0 saturated carbocycles. The average Bonchev–Trinajstić information content (AvgIpc) is 3.09. The molecule has 1 aliphatic heterocycles. The Bertz CT molecular complexity index is 1210. The zero-order chi connectivity index (χ0) is 23.8. The fraction of sp³-hybridized carbons (Fsp3) is 0.500. The summed E-state index contributed by atoms with van der Waals surface area (Å²) >= 11 is 0. The Kier molecular flexibility index (Phi) is 6.14. The smallest absolute Gasteiger partial charge is 0.407 e. The van der Waals surface area contributed by atoms with E-state index in [-0.39, 0.29) is 11.6 Å². The number of fused-ring (bicyclic) bond motifs is 1. The summed E-state index contributed by atoms with van der Waals surface area (Å²) < 4.78 is 8.94. The number of anilines is 1. The van der Waals surface area contributed by atoms with Crippen LogP contribution in [-0.2, 0) is 18.3 Å². The van der Waals surface area contributed by atoms with Crippen molar-refractivity contribution in [1.82, 2.24) is 24.4 Å². The molecule has 1 N–H and O–H groups in total. The van der Waals surface area contributed by atoms with E-state index in [4.69, 9.17) is 9.72 Å². The molecule has 1 amide bonds. The Morgan fingerprint density at radius 2 is 1.94 bits per heavy atom. The van der Waals surface area contributed by atoms with Crippen molar-refractivity contribution in [2.24, 2.45) is 7.05 Å². The molecule has 1 saturated heterocycles. The third-order valence-electron chi connectivity index (χ3n) is 5.80. The van der Waals surface area contributed by atoms with Crippen LogP contribution >= 0.6 is 0 Å². The molecule has 0 aliphatic carbocycles. The summed E-state index contributed by atoms with van der Waals surface area (Å²) in [6, 6.07) is 9.93. The molecule has 0 bridgehead atoms. The highest BCUT2D eigenvalue weighted by Crippen LogP contribution is 2.24. The van der Waals surface area contributed by atoms with Gasteiger partial charge < -0.3 is 15.0 Å². The number of imidazole rings is 1. The van der Waals surface area contributed by atoms with Crippen LogP contribution in [0.2, 0.25) is 0 Å². The van der Waals surface area contributed by atoms with Crippen LogP contribution in [0.25, 0.3) is 11.2 Å². The van der Waals surface area contributed by atoms with Gasteiger partial charge in [0, 0.05) is 26.2 Å². The summed E-state index contributed by atoms with van der Waals surface area (Å²) in [5.74, 6) is 1.31. The number of benzene rings is 1. The number of carbonyl (C=O) groups is 1. The van der Waals surface area contributed by atoms with E-state index < -0.39 is 11.7 Å². The summed E-state index contributed by atoms with van der Waals surface area (Å²) in [5, 5.41) is 2.99. The predicted molar refractivity (Wildman–Crippen MR) is 128 cm³/mol. The van der Waals surface area contributed by atoms with Gasteiger partial charge in [0.2, 0.25) is 5.95 Å². The first kappa shape index (κ1) is 22.8. The summed E-state index contributed by atoms with van der Waals surface area (Å²) in [5.41, 5.74) is 1.34. The van der Waals surface area contributed by atoms with Crippen LogP contribution in [0.1, 0.15) is 45.0 Å². The molecule has 2 aromatic heterocycles. The number of hydrogen-bond acceptors (Lipinski definition) is 6. The fourth-order valence-corrected chi connectivity index (χ4v) is 4.16. The van der Waals surface area contributed by atoms with Gasteiger partial charge in [-0.05, 0) is 46.1 Å². The van der Waals surface area contributed by atoms with Crippen LogP contribution in [-0.4, -0.2) is 49.9 Å². The molecular formula is C24H32N6O3. The number of aryl methyl sites for hydroxylation is 1. The SMILES string of the molecule is Cc1nc2nc(N3CCCC(NC(=O)OC(C)(C)C)C3)n(Cc3ccccc3)c2c(=O)n1C. The van der Waals surface area contributed by atoms with Gasteiger partial charge in [-0.1, -0.05) is 30.3 Å². The van der Waals surface area contributed by atoms with Crippen molar-refractivity contribution in [2.75, 3.05) is 18.0 Å². The molecule has 3 aromatic rings. The van der Waals surface area contributed by atoms with Gasteiger partial charge in [-0.25, -0.2) is 9.78 Å². The van der Waals surface area contributed by atoms with Gasteiger partial charge in [0.25, 0.3) is 5.56 Å². The largest absolute Gasteiger partial charge is 0.444 e. The third kappa shape index (κ3) is 5.02. The number of nitrogens with one attached hydrogen (secondary N) is 1. The molecule has 1 aromatic carbocycles. The number of hydrogen-bond donors (Lipinski definition) is 1. The van der Waals surface area contributed by atoms with Gasteiger partial charge in [-0.15, -0.1) is 0 Å². The number of ether oxygens (including phenoxy) is 1. The maximum atomic E-state index is 13.2. The van der Waals surface area contributed by atoms with Crippen molar-refractivity contribution in [1.29, 1.82) is 0 Å². The van der Waals surface area contributed by atoms with Crippen LogP contribution in [0.3, 0.4) is 0 Å². The minimum Gasteiger partial charge on any atom is -0.444 e. The number of nitrogens with zero attached hydrogens (tertiary/aromatic N) is 5. The Labute approximate surface area is 193 Å². The van der Waals surface area contributed by atoms with Gasteiger partial charge in [0.1, 0.15) is 11.4 Å². The fourth-order valence-electron chi connectivity index (χ4n) is 4.16. The van der Waals surface area contributed by atoms with E-state index in [0.29, 0.717) is 36.0 Å². The molecule has 4 rings (SSSR count). The lowest BCUT2D eigenvalue weighted by Gasteiger charge is -2.34. The van der Waals surface area contributed by atoms with Gasteiger partial charge in [0.05, 0.1) is 6.54 Å². The first-order valence-corrected chi connectivity index (χ1v) is 11.3. The zero-order valence-corrected chi connectivity index (χ0v) is 20.0.